The monoisotopic (exact) mass is 401 g/mol. The number of hydrogen-bond acceptors (Lipinski definition) is 5. The van der Waals surface area contributed by atoms with Crippen LogP contribution in [0.2, 0.25) is 0 Å². The Hall–Kier alpha value is -3.47. The average Bonchev–Trinajstić information content (AvgIpc) is 2.71. The van der Waals surface area contributed by atoms with E-state index in [1.807, 2.05) is 6.07 Å². The molecule has 0 unspecified atom stereocenters. The summed E-state index contributed by atoms with van der Waals surface area (Å²) in [6.07, 6.45) is -4.57. The van der Waals surface area contributed by atoms with Crippen molar-refractivity contribution in [2.45, 2.75) is 19.1 Å². The molecule has 1 N–H and O–H groups in total. The fourth-order valence-corrected chi connectivity index (χ4v) is 3.05. The van der Waals surface area contributed by atoms with Crippen molar-refractivity contribution in [1.82, 2.24) is 4.98 Å². The van der Waals surface area contributed by atoms with Gasteiger partial charge in [-0.2, -0.15) is 18.4 Å². The molecule has 0 radical (unpaired) electrons. The summed E-state index contributed by atoms with van der Waals surface area (Å²) < 4.78 is 50.8. The number of anilines is 1. The highest BCUT2D eigenvalue weighted by molar-refractivity contribution is 5.87. The third-order valence-electron chi connectivity index (χ3n) is 4.45. The predicted molar refractivity (Wildman–Crippen MR) is 103 cm³/mol. The maximum Gasteiger partial charge on any atom is 0.418 e. The number of hydrogen-bond donors (Lipinski definition) is 1. The van der Waals surface area contributed by atoms with Crippen molar-refractivity contribution in [3.63, 3.8) is 0 Å². The minimum Gasteiger partial charge on any atom is -0.497 e. The Morgan fingerprint density at radius 2 is 1.86 bits per heavy atom. The lowest BCUT2D eigenvalue weighted by molar-refractivity contribution is -0.136. The van der Waals surface area contributed by atoms with Gasteiger partial charge in [-0.1, -0.05) is 12.1 Å². The third kappa shape index (κ3) is 4.35. The van der Waals surface area contributed by atoms with Crippen LogP contribution in [-0.4, -0.2) is 19.2 Å². The van der Waals surface area contributed by atoms with Crippen LogP contribution < -0.4 is 14.8 Å². The number of para-hydroxylation sites is 1. The Balaban J connectivity index is 2.01. The highest BCUT2D eigenvalue weighted by atomic mass is 19.4. The van der Waals surface area contributed by atoms with Gasteiger partial charge in [0.05, 0.1) is 37.8 Å². The lowest BCUT2D eigenvalue weighted by Crippen LogP contribution is -2.09. The van der Waals surface area contributed by atoms with E-state index in [0.29, 0.717) is 22.4 Å². The molecule has 150 valence electrons. The molecule has 1 aromatic heterocycles. The molecule has 5 nitrogen and oxygen atoms in total. The molecular weight excluding hydrogens is 383 g/mol. The number of nitrogens with zero attached hydrogens (tertiary/aromatic N) is 2. The SMILES string of the molecule is COc1ccc(CNc2cc(CC#N)c3cccc(C(F)(F)F)c3n2)c(OC)c1. The van der Waals surface area contributed by atoms with Crippen LogP contribution in [0.3, 0.4) is 0 Å². The van der Waals surface area contributed by atoms with Crippen LogP contribution in [0.5, 0.6) is 11.5 Å². The minimum absolute atomic E-state index is 0.0269. The number of alkyl halides is 3. The summed E-state index contributed by atoms with van der Waals surface area (Å²) in [7, 11) is 3.06. The summed E-state index contributed by atoms with van der Waals surface area (Å²) >= 11 is 0. The van der Waals surface area contributed by atoms with Crippen molar-refractivity contribution in [2.75, 3.05) is 19.5 Å². The first-order valence-corrected chi connectivity index (χ1v) is 8.69. The molecule has 1 heterocycles. The van der Waals surface area contributed by atoms with E-state index in [9.17, 15) is 13.2 Å². The van der Waals surface area contributed by atoms with Gasteiger partial charge in [-0.15, -0.1) is 0 Å². The number of methoxy groups -OCH3 is 2. The van der Waals surface area contributed by atoms with E-state index in [2.05, 4.69) is 10.3 Å². The van der Waals surface area contributed by atoms with Crippen LogP contribution in [0.25, 0.3) is 10.9 Å². The first-order valence-electron chi connectivity index (χ1n) is 8.69. The quantitative estimate of drug-likeness (QED) is 0.633. The van der Waals surface area contributed by atoms with Gasteiger partial charge in [0, 0.05) is 23.6 Å². The van der Waals surface area contributed by atoms with Gasteiger partial charge in [0.15, 0.2) is 0 Å². The van der Waals surface area contributed by atoms with Crippen LogP contribution in [0.4, 0.5) is 19.0 Å². The molecule has 29 heavy (non-hydrogen) atoms. The van der Waals surface area contributed by atoms with Crippen molar-refractivity contribution >= 4 is 16.7 Å². The molecule has 0 saturated carbocycles. The molecule has 0 atom stereocenters. The Bertz CT molecular complexity index is 1080. The van der Waals surface area contributed by atoms with Crippen LogP contribution in [0, 0.1) is 11.3 Å². The normalized spacial score (nSPS) is 11.2. The Labute approximate surface area is 165 Å². The number of benzene rings is 2. The maximum absolute atomic E-state index is 13.4. The van der Waals surface area contributed by atoms with Crippen molar-refractivity contribution in [1.29, 1.82) is 5.26 Å². The number of rotatable bonds is 6. The van der Waals surface area contributed by atoms with Crippen LogP contribution in [-0.2, 0) is 19.1 Å². The molecule has 8 heteroatoms. The zero-order valence-electron chi connectivity index (χ0n) is 15.8. The summed E-state index contributed by atoms with van der Waals surface area (Å²) in [5, 5.41) is 12.4. The van der Waals surface area contributed by atoms with Crippen molar-refractivity contribution in [3.8, 4) is 17.6 Å². The van der Waals surface area contributed by atoms with Gasteiger partial charge in [0.1, 0.15) is 17.3 Å². The van der Waals surface area contributed by atoms with Crippen molar-refractivity contribution < 1.29 is 22.6 Å². The predicted octanol–water partition coefficient (Wildman–Crippen LogP) is 4.95. The van der Waals surface area contributed by atoms with E-state index in [-0.39, 0.29) is 24.3 Å². The van der Waals surface area contributed by atoms with E-state index in [1.165, 1.54) is 13.2 Å². The molecule has 0 aliphatic rings. The van der Waals surface area contributed by atoms with E-state index in [4.69, 9.17) is 14.7 Å². The maximum atomic E-state index is 13.4. The van der Waals surface area contributed by atoms with Gasteiger partial charge in [0.25, 0.3) is 0 Å². The second-order valence-electron chi connectivity index (χ2n) is 6.23. The Morgan fingerprint density at radius 3 is 2.52 bits per heavy atom. The fourth-order valence-electron chi connectivity index (χ4n) is 3.05. The van der Waals surface area contributed by atoms with Crippen molar-refractivity contribution in [2.24, 2.45) is 0 Å². The lowest BCUT2D eigenvalue weighted by Gasteiger charge is -2.15. The highest BCUT2D eigenvalue weighted by Crippen LogP contribution is 2.36. The summed E-state index contributed by atoms with van der Waals surface area (Å²) in [6.45, 7) is 0.270. The van der Waals surface area contributed by atoms with Crippen LogP contribution in [0.1, 0.15) is 16.7 Å². The third-order valence-corrected chi connectivity index (χ3v) is 4.45. The summed E-state index contributed by atoms with van der Waals surface area (Å²) in [4.78, 5) is 4.18. The average molecular weight is 401 g/mol. The first kappa shape index (κ1) is 20.3. The smallest absolute Gasteiger partial charge is 0.418 e. The van der Waals surface area contributed by atoms with Crippen LogP contribution >= 0.6 is 0 Å². The Morgan fingerprint density at radius 1 is 1.07 bits per heavy atom. The largest absolute Gasteiger partial charge is 0.497 e. The summed E-state index contributed by atoms with van der Waals surface area (Å²) in [5.74, 6) is 1.45. The van der Waals surface area contributed by atoms with E-state index >= 15 is 0 Å². The minimum atomic E-state index is -4.55. The van der Waals surface area contributed by atoms with E-state index in [0.717, 1.165) is 11.6 Å². The van der Waals surface area contributed by atoms with Gasteiger partial charge in [0.2, 0.25) is 0 Å². The van der Waals surface area contributed by atoms with Crippen molar-refractivity contribution in [3.05, 3.63) is 59.2 Å². The molecule has 0 saturated heterocycles. The molecule has 3 aromatic rings. The van der Waals surface area contributed by atoms with E-state index in [1.54, 1.807) is 37.4 Å². The summed E-state index contributed by atoms with van der Waals surface area (Å²) in [6, 6.07) is 12.7. The number of halogens is 3. The van der Waals surface area contributed by atoms with Gasteiger partial charge in [-0.25, -0.2) is 4.98 Å². The lowest BCUT2D eigenvalue weighted by atomic mass is 10.0. The number of nitrogens with one attached hydrogen (secondary N) is 1. The topological polar surface area (TPSA) is 67.2 Å². The molecule has 0 spiro atoms. The standard InChI is InChI=1S/C21H18F3N3O2/c1-28-15-7-6-14(18(11-15)29-2)12-26-19-10-13(8-9-25)16-4-3-5-17(20(16)27-19)21(22,23)24/h3-7,10-11H,8,12H2,1-2H3,(H,26,27). The number of aromatic nitrogens is 1. The Kier molecular flexibility index (Phi) is 5.78. The number of fused-ring (bicyclic) bond motifs is 1. The van der Waals surface area contributed by atoms with Gasteiger partial charge in [-0.05, 0) is 29.8 Å². The fraction of sp³-hybridized carbons (Fsp3) is 0.238. The number of nitriles is 1. The number of ether oxygens (including phenoxy) is 2. The first-order chi connectivity index (χ1) is 13.9. The number of pyridine rings is 1. The molecular formula is C21H18F3N3O2. The zero-order chi connectivity index (χ0) is 21.0. The van der Waals surface area contributed by atoms with Gasteiger partial charge < -0.3 is 14.8 Å². The molecule has 0 fully saturated rings. The van der Waals surface area contributed by atoms with Crippen LogP contribution in [0.15, 0.2) is 42.5 Å². The molecule has 3 rings (SSSR count). The molecule has 0 bridgehead atoms. The van der Waals surface area contributed by atoms with Gasteiger partial charge >= 0.3 is 6.18 Å². The van der Waals surface area contributed by atoms with Gasteiger partial charge in [-0.3, -0.25) is 0 Å². The van der Waals surface area contributed by atoms with E-state index < -0.39 is 11.7 Å². The molecule has 0 aliphatic carbocycles. The summed E-state index contributed by atoms with van der Waals surface area (Å²) in [5.41, 5.74) is 0.241. The highest BCUT2D eigenvalue weighted by Gasteiger charge is 2.33. The zero-order valence-corrected chi connectivity index (χ0v) is 15.8. The second-order valence-corrected chi connectivity index (χ2v) is 6.23. The molecule has 0 aliphatic heterocycles. The molecule has 2 aromatic carbocycles. The molecule has 0 amide bonds. The second kappa shape index (κ2) is 8.27.